The average Bonchev–Trinajstić information content (AvgIpc) is 2.50. The third-order valence-electron chi connectivity index (χ3n) is 3.14. The molecule has 0 aromatic heterocycles. The molecule has 1 aliphatic heterocycles. The molecule has 0 fully saturated rings. The van der Waals surface area contributed by atoms with Crippen LogP contribution in [0.25, 0.3) is 0 Å². The van der Waals surface area contributed by atoms with Crippen LogP contribution < -0.4 is 15.2 Å². The second kappa shape index (κ2) is 6.34. The van der Waals surface area contributed by atoms with Gasteiger partial charge in [0.25, 0.3) is 5.91 Å². The van der Waals surface area contributed by atoms with Crippen molar-refractivity contribution in [3.63, 3.8) is 0 Å². The highest BCUT2D eigenvalue weighted by Gasteiger charge is 2.26. The summed E-state index contributed by atoms with van der Waals surface area (Å²) in [5.74, 6) is 0.719. The Labute approximate surface area is 122 Å². The van der Waals surface area contributed by atoms with Gasteiger partial charge in [0.15, 0.2) is 17.3 Å². The summed E-state index contributed by atoms with van der Waals surface area (Å²) in [6.45, 7) is 4.62. The number of amides is 1. The Morgan fingerprint density at radius 1 is 1.43 bits per heavy atom. The van der Waals surface area contributed by atoms with Gasteiger partial charge in [0.1, 0.15) is 13.2 Å². The normalized spacial score (nSPS) is 14.1. The van der Waals surface area contributed by atoms with E-state index in [0.29, 0.717) is 30.3 Å². The first-order valence-electron chi connectivity index (χ1n) is 6.70. The molecule has 0 saturated heterocycles. The lowest BCUT2D eigenvalue weighted by atomic mass is 10.1. The number of hydrogen-bond donors (Lipinski definition) is 2. The van der Waals surface area contributed by atoms with Crippen molar-refractivity contribution >= 4 is 11.7 Å². The molecule has 1 aromatic rings. The average molecular weight is 293 g/mol. The molecule has 0 unspecified atom stereocenters. The molecule has 0 atom stereocenters. The van der Waals surface area contributed by atoms with Crippen molar-refractivity contribution < 1.29 is 19.5 Å². The second-order valence-corrected chi connectivity index (χ2v) is 4.95. The zero-order valence-corrected chi connectivity index (χ0v) is 12.1. The summed E-state index contributed by atoms with van der Waals surface area (Å²) in [5, 5.41) is 11.6. The van der Waals surface area contributed by atoms with E-state index in [1.54, 1.807) is 18.2 Å². The van der Waals surface area contributed by atoms with E-state index >= 15 is 0 Å². The fourth-order valence-electron chi connectivity index (χ4n) is 2.09. The van der Waals surface area contributed by atoms with Crippen LogP contribution in [0.2, 0.25) is 0 Å². The van der Waals surface area contributed by atoms with Crippen molar-refractivity contribution in [2.24, 2.45) is 10.9 Å². The topological polar surface area (TPSA) is 97.4 Å². The highest BCUT2D eigenvalue weighted by Crippen LogP contribution is 2.34. The maximum absolute atomic E-state index is 12.7. The molecule has 0 spiro atoms. The molecule has 2 rings (SSSR count). The Bertz CT molecular complexity index is 557. The summed E-state index contributed by atoms with van der Waals surface area (Å²) < 4.78 is 11.0. The van der Waals surface area contributed by atoms with Crippen molar-refractivity contribution in [2.75, 3.05) is 19.8 Å². The lowest BCUT2D eigenvalue weighted by Gasteiger charge is -2.28. The van der Waals surface area contributed by atoms with E-state index < -0.39 is 0 Å². The number of oxime groups is 1. The Kier molecular flexibility index (Phi) is 4.52. The molecule has 1 aliphatic rings. The Morgan fingerprint density at radius 2 is 2.14 bits per heavy atom. The first-order chi connectivity index (χ1) is 10.0. The number of nitrogens with two attached hydrogens (primary N) is 1. The first kappa shape index (κ1) is 15.0. The van der Waals surface area contributed by atoms with Crippen LogP contribution in [0.3, 0.4) is 0 Å². The molecule has 1 aromatic carbocycles. The first-order valence-corrected chi connectivity index (χ1v) is 6.70. The van der Waals surface area contributed by atoms with Crippen molar-refractivity contribution in [3.8, 4) is 11.5 Å². The number of hydrogen-bond acceptors (Lipinski definition) is 5. The van der Waals surface area contributed by atoms with Gasteiger partial charge in [0.2, 0.25) is 0 Å². The zero-order chi connectivity index (χ0) is 15.4. The highest BCUT2D eigenvalue weighted by atomic mass is 16.6. The van der Waals surface area contributed by atoms with Crippen LogP contribution in [0.5, 0.6) is 11.5 Å². The van der Waals surface area contributed by atoms with Gasteiger partial charge < -0.3 is 25.3 Å². The lowest BCUT2D eigenvalue weighted by Crippen LogP contribution is -2.43. The van der Waals surface area contributed by atoms with Gasteiger partial charge in [-0.1, -0.05) is 11.2 Å². The summed E-state index contributed by atoms with van der Waals surface area (Å²) >= 11 is 0. The molecule has 0 aliphatic carbocycles. The highest BCUT2D eigenvalue weighted by molar-refractivity contribution is 6.00. The van der Waals surface area contributed by atoms with Gasteiger partial charge in [-0.25, -0.2) is 0 Å². The molecule has 114 valence electrons. The van der Waals surface area contributed by atoms with Gasteiger partial charge >= 0.3 is 0 Å². The van der Waals surface area contributed by atoms with E-state index in [2.05, 4.69) is 5.16 Å². The third-order valence-corrected chi connectivity index (χ3v) is 3.14. The van der Waals surface area contributed by atoms with Gasteiger partial charge in [-0.05, 0) is 26.0 Å². The number of carbonyl (C=O) groups excluding carboxylic acids is 1. The number of ether oxygens (including phenoxy) is 2. The van der Waals surface area contributed by atoms with Crippen LogP contribution in [0, 0.1) is 0 Å². The zero-order valence-electron chi connectivity index (χ0n) is 12.1. The quantitative estimate of drug-likeness (QED) is 0.374. The van der Waals surface area contributed by atoms with E-state index in [1.165, 1.54) is 4.90 Å². The van der Waals surface area contributed by atoms with Crippen LogP contribution in [-0.4, -0.2) is 47.7 Å². The summed E-state index contributed by atoms with van der Waals surface area (Å²) in [4.78, 5) is 14.2. The van der Waals surface area contributed by atoms with Gasteiger partial charge in [-0.15, -0.1) is 0 Å². The van der Waals surface area contributed by atoms with Gasteiger partial charge in [0.05, 0.1) is 12.1 Å². The smallest absolute Gasteiger partial charge is 0.258 e. The monoisotopic (exact) mass is 293 g/mol. The Balaban J connectivity index is 2.33. The molecule has 1 amide bonds. The minimum absolute atomic E-state index is 0.0287. The second-order valence-electron chi connectivity index (χ2n) is 4.95. The van der Waals surface area contributed by atoms with Crippen molar-refractivity contribution in [2.45, 2.75) is 19.9 Å². The minimum Gasteiger partial charge on any atom is -0.486 e. The molecule has 3 N–H and O–H groups in total. The van der Waals surface area contributed by atoms with Crippen LogP contribution >= 0.6 is 0 Å². The molecular formula is C14H19N3O4. The Morgan fingerprint density at radius 3 is 2.81 bits per heavy atom. The summed E-state index contributed by atoms with van der Waals surface area (Å²) in [5.41, 5.74) is 5.92. The van der Waals surface area contributed by atoms with Gasteiger partial charge in [-0.3, -0.25) is 4.79 Å². The molecular weight excluding hydrogens is 274 g/mol. The van der Waals surface area contributed by atoms with E-state index in [0.717, 1.165) is 0 Å². The predicted octanol–water partition coefficient (Wildman–Crippen LogP) is 1.05. The van der Waals surface area contributed by atoms with Crippen molar-refractivity contribution in [3.05, 3.63) is 23.8 Å². The molecule has 1 heterocycles. The van der Waals surface area contributed by atoms with Crippen LogP contribution in [-0.2, 0) is 0 Å². The maximum atomic E-state index is 12.7. The number of amidine groups is 1. The molecule has 7 nitrogen and oxygen atoms in total. The van der Waals surface area contributed by atoms with Crippen molar-refractivity contribution in [1.29, 1.82) is 0 Å². The minimum atomic E-state index is -0.251. The van der Waals surface area contributed by atoms with E-state index in [-0.39, 0.29) is 24.3 Å². The third kappa shape index (κ3) is 3.18. The number of fused-ring (bicyclic) bond motifs is 1. The van der Waals surface area contributed by atoms with Crippen LogP contribution in [0.1, 0.15) is 24.2 Å². The number of rotatable bonds is 4. The standard InChI is InChI=1S/C14H19N3O4/c1-9(2)17(8-12(15)16-19)14(18)10-4-3-5-11-13(10)21-7-6-20-11/h3-5,9,19H,6-8H2,1-2H3,(H2,15,16). The van der Waals surface area contributed by atoms with E-state index in [4.69, 9.17) is 20.4 Å². The largest absolute Gasteiger partial charge is 0.486 e. The van der Waals surface area contributed by atoms with E-state index in [1.807, 2.05) is 13.8 Å². The fourth-order valence-corrected chi connectivity index (χ4v) is 2.09. The number of benzene rings is 1. The summed E-state index contributed by atoms with van der Waals surface area (Å²) in [6, 6.07) is 5.06. The molecule has 0 saturated carbocycles. The summed E-state index contributed by atoms with van der Waals surface area (Å²) in [6.07, 6.45) is 0. The van der Waals surface area contributed by atoms with Gasteiger partial charge in [-0.2, -0.15) is 0 Å². The van der Waals surface area contributed by atoms with Crippen LogP contribution in [0.4, 0.5) is 0 Å². The summed E-state index contributed by atoms with van der Waals surface area (Å²) in [7, 11) is 0. The van der Waals surface area contributed by atoms with Crippen LogP contribution in [0.15, 0.2) is 23.4 Å². The molecule has 7 heteroatoms. The molecule has 0 radical (unpaired) electrons. The lowest BCUT2D eigenvalue weighted by molar-refractivity contribution is 0.0723. The Hall–Kier alpha value is -2.44. The number of para-hydroxylation sites is 1. The number of carbonyl (C=O) groups is 1. The number of nitrogens with zero attached hydrogens (tertiary/aromatic N) is 2. The SMILES string of the molecule is CC(C)N(CC(N)=NO)C(=O)c1cccc2c1OCCO2. The van der Waals surface area contributed by atoms with Gasteiger partial charge in [0, 0.05) is 6.04 Å². The maximum Gasteiger partial charge on any atom is 0.258 e. The molecule has 0 bridgehead atoms. The van der Waals surface area contributed by atoms with Crippen molar-refractivity contribution in [1.82, 2.24) is 4.90 Å². The fraction of sp³-hybridized carbons (Fsp3) is 0.429. The molecule has 21 heavy (non-hydrogen) atoms. The van der Waals surface area contributed by atoms with E-state index in [9.17, 15) is 4.79 Å². The predicted molar refractivity (Wildman–Crippen MR) is 77.0 cm³/mol.